The second kappa shape index (κ2) is 18.3. The number of carbonyl (C=O) groups is 4. The fraction of sp³-hybridized carbons (Fsp3) is 0.154. The molecule has 1 heterocycles. The van der Waals surface area contributed by atoms with Crippen molar-refractivity contribution in [2.75, 3.05) is 23.8 Å². The molecule has 5 rings (SSSR count). The zero-order chi connectivity index (χ0) is 36.0. The minimum absolute atomic E-state index is 0.0260. The van der Waals surface area contributed by atoms with Gasteiger partial charge in [-0.3, -0.25) is 19.2 Å². The average Bonchev–Trinajstić information content (AvgIpc) is 3.58. The molecule has 0 saturated heterocycles. The molecule has 0 saturated carbocycles. The molecule has 12 heteroatoms. The molecule has 3 amide bonds. The number of esters is 1. The molecule has 1 unspecified atom stereocenters. The Morgan fingerprint density at radius 2 is 1.51 bits per heavy atom. The standard InChI is InChI=1S/C39H36N4O6S2/c1-3-48-31-19-15-26(16-20-31)23-33(42-36(45)28-13-9-6-10-14-28)37(46)40-29-17-21-32(22-18-29)51-35(27-11-7-5-8-12-27)38(47)43-39-41-30(25-50-39)24-34(44)49-4-2/h5-23,25,35H,3-4,24H2,1-2H3,(H,40,46)(H,42,45)(H,41,43,47)/b33-23-. The number of rotatable bonds is 15. The number of amides is 3. The molecule has 0 aliphatic carbocycles. The van der Waals surface area contributed by atoms with Crippen molar-refractivity contribution in [1.82, 2.24) is 10.3 Å². The molecule has 0 bridgehead atoms. The maximum atomic E-state index is 13.6. The first-order valence-corrected chi connectivity index (χ1v) is 17.9. The van der Waals surface area contributed by atoms with Crippen molar-refractivity contribution in [3.8, 4) is 5.75 Å². The number of thioether (sulfide) groups is 1. The number of ether oxygens (including phenoxy) is 2. The van der Waals surface area contributed by atoms with E-state index < -0.39 is 17.1 Å². The van der Waals surface area contributed by atoms with Gasteiger partial charge >= 0.3 is 5.97 Å². The summed E-state index contributed by atoms with van der Waals surface area (Å²) >= 11 is 2.57. The number of anilines is 2. The molecule has 0 aliphatic heterocycles. The summed E-state index contributed by atoms with van der Waals surface area (Å²) < 4.78 is 10.5. The predicted molar refractivity (Wildman–Crippen MR) is 201 cm³/mol. The molecule has 10 nitrogen and oxygen atoms in total. The van der Waals surface area contributed by atoms with E-state index in [0.29, 0.717) is 40.0 Å². The summed E-state index contributed by atoms with van der Waals surface area (Å²) in [6.45, 7) is 4.45. The van der Waals surface area contributed by atoms with Crippen molar-refractivity contribution < 1.29 is 28.7 Å². The van der Waals surface area contributed by atoms with Gasteiger partial charge in [-0.2, -0.15) is 0 Å². The monoisotopic (exact) mass is 720 g/mol. The van der Waals surface area contributed by atoms with E-state index in [1.807, 2.05) is 55.5 Å². The van der Waals surface area contributed by atoms with Crippen LogP contribution in [0.15, 0.2) is 125 Å². The van der Waals surface area contributed by atoms with Crippen molar-refractivity contribution >= 4 is 63.7 Å². The Morgan fingerprint density at radius 1 is 0.824 bits per heavy atom. The van der Waals surface area contributed by atoms with E-state index in [1.54, 1.807) is 79.0 Å². The molecular weight excluding hydrogens is 685 g/mol. The van der Waals surface area contributed by atoms with Crippen LogP contribution in [0.5, 0.6) is 5.75 Å². The quantitative estimate of drug-likeness (QED) is 0.0574. The van der Waals surface area contributed by atoms with Gasteiger partial charge in [-0.15, -0.1) is 23.1 Å². The zero-order valence-corrected chi connectivity index (χ0v) is 29.6. The molecule has 1 atom stereocenters. The van der Waals surface area contributed by atoms with Crippen LogP contribution in [0, 0.1) is 0 Å². The number of nitrogens with zero attached hydrogens (tertiary/aromatic N) is 1. The molecule has 0 fully saturated rings. The number of carbonyl (C=O) groups excluding carboxylic acids is 4. The summed E-state index contributed by atoms with van der Waals surface area (Å²) in [4.78, 5) is 57.2. The van der Waals surface area contributed by atoms with Gasteiger partial charge in [0.15, 0.2) is 5.13 Å². The van der Waals surface area contributed by atoms with Crippen molar-refractivity contribution in [3.05, 3.63) is 143 Å². The first-order chi connectivity index (χ1) is 24.8. The molecule has 260 valence electrons. The number of benzene rings is 4. The highest BCUT2D eigenvalue weighted by Crippen LogP contribution is 2.37. The van der Waals surface area contributed by atoms with Crippen molar-refractivity contribution in [1.29, 1.82) is 0 Å². The van der Waals surface area contributed by atoms with Gasteiger partial charge in [0, 0.05) is 21.5 Å². The maximum Gasteiger partial charge on any atom is 0.311 e. The van der Waals surface area contributed by atoms with Crippen LogP contribution in [0.3, 0.4) is 0 Å². The van der Waals surface area contributed by atoms with Crippen molar-refractivity contribution in [2.24, 2.45) is 0 Å². The average molecular weight is 721 g/mol. The van der Waals surface area contributed by atoms with E-state index in [0.717, 1.165) is 10.5 Å². The first kappa shape index (κ1) is 36.6. The summed E-state index contributed by atoms with van der Waals surface area (Å²) in [5.74, 6) is -0.898. The number of hydrogen-bond donors (Lipinski definition) is 3. The Bertz CT molecular complexity index is 1960. The fourth-order valence-electron chi connectivity index (χ4n) is 4.76. The molecular formula is C39H36N4O6S2. The number of hydrogen-bond acceptors (Lipinski definition) is 9. The van der Waals surface area contributed by atoms with Crippen LogP contribution in [0.4, 0.5) is 10.8 Å². The first-order valence-electron chi connectivity index (χ1n) is 16.2. The lowest BCUT2D eigenvalue weighted by atomic mass is 10.1. The smallest absolute Gasteiger partial charge is 0.311 e. The van der Waals surface area contributed by atoms with Gasteiger partial charge < -0.3 is 25.4 Å². The summed E-state index contributed by atoms with van der Waals surface area (Å²) in [6.07, 6.45) is 1.62. The van der Waals surface area contributed by atoms with Gasteiger partial charge in [0.05, 0.1) is 25.3 Å². The van der Waals surface area contributed by atoms with Gasteiger partial charge in [-0.05, 0) is 79.6 Å². The Hall–Kier alpha value is -5.72. The fourth-order valence-corrected chi connectivity index (χ4v) is 6.50. The molecule has 5 aromatic rings. The van der Waals surface area contributed by atoms with Crippen molar-refractivity contribution in [2.45, 2.75) is 30.4 Å². The van der Waals surface area contributed by atoms with Gasteiger partial charge in [0.1, 0.15) is 16.7 Å². The van der Waals surface area contributed by atoms with E-state index in [1.165, 1.54) is 23.1 Å². The highest BCUT2D eigenvalue weighted by atomic mass is 32.2. The lowest BCUT2D eigenvalue weighted by Gasteiger charge is -2.17. The Morgan fingerprint density at radius 3 is 2.18 bits per heavy atom. The van der Waals surface area contributed by atoms with E-state index in [-0.39, 0.29) is 30.6 Å². The largest absolute Gasteiger partial charge is 0.494 e. The second-order valence-corrected chi connectivity index (χ2v) is 12.9. The Labute approximate surface area is 304 Å². The molecule has 0 radical (unpaired) electrons. The van der Waals surface area contributed by atoms with E-state index in [4.69, 9.17) is 9.47 Å². The van der Waals surface area contributed by atoms with E-state index in [9.17, 15) is 19.2 Å². The molecule has 51 heavy (non-hydrogen) atoms. The highest BCUT2D eigenvalue weighted by molar-refractivity contribution is 8.00. The van der Waals surface area contributed by atoms with E-state index in [2.05, 4.69) is 20.9 Å². The van der Waals surface area contributed by atoms with Crippen LogP contribution < -0.4 is 20.7 Å². The lowest BCUT2D eigenvalue weighted by molar-refractivity contribution is -0.142. The van der Waals surface area contributed by atoms with Crippen LogP contribution in [-0.2, 0) is 25.5 Å². The van der Waals surface area contributed by atoms with Gasteiger partial charge in [-0.1, -0.05) is 60.7 Å². The summed E-state index contributed by atoms with van der Waals surface area (Å²) in [5.41, 5.74) is 2.97. The number of nitrogens with one attached hydrogen (secondary N) is 3. The van der Waals surface area contributed by atoms with Gasteiger partial charge in [0.25, 0.3) is 11.8 Å². The molecule has 1 aromatic heterocycles. The summed E-state index contributed by atoms with van der Waals surface area (Å²) in [5, 5.41) is 9.98. The minimum Gasteiger partial charge on any atom is -0.494 e. The second-order valence-electron chi connectivity index (χ2n) is 10.9. The van der Waals surface area contributed by atoms with Crippen LogP contribution in [0.2, 0.25) is 0 Å². The van der Waals surface area contributed by atoms with E-state index >= 15 is 0 Å². The summed E-state index contributed by atoms with van der Waals surface area (Å²) in [7, 11) is 0. The third kappa shape index (κ3) is 10.9. The topological polar surface area (TPSA) is 136 Å². The van der Waals surface area contributed by atoms with Gasteiger partial charge in [0.2, 0.25) is 5.91 Å². The Balaban J connectivity index is 1.29. The van der Waals surface area contributed by atoms with Crippen molar-refractivity contribution in [3.63, 3.8) is 0 Å². The predicted octanol–water partition coefficient (Wildman–Crippen LogP) is 7.53. The SMILES string of the molecule is CCOC(=O)Cc1csc(NC(=O)C(Sc2ccc(NC(=O)/C(=C/c3ccc(OCC)cc3)NC(=O)c3ccccc3)cc2)c2ccccc2)n1. The van der Waals surface area contributed by atoms with Gasteiger partial charge in [-0.25, -0.2) is 4.98 Å². The molecule has 3 N–H and O–H groups in total. The number of aromatic nitrogens is 1. The van der Waals surface area contributed by atoms with Crippen LogP contribution in [-0.4, -0.2) is 41.9 Å². The Kier molecular flexibility index (Phi) is 13.1. The lowest BCUT2D eigenvalue weighted by Crippen LogP contribution is -2.30. The third-order valence-corrected chi connectivity index (χ3v) is 9.22. The zero-order valence-electron chi connectivity index (χ0n) is 28.0. The van der Waals surface area contributed by atoms with Crippen LogP contribution in [0.25, 0.3) is 6.08 Å². The summed E-state index contributed by atoms with van der Waals surface area (Å²) in [6, 6.07) is 32.3. The third-order valence-electron chi connectivity index (χ3n) is 7.15. The maximum absolute atomic E-state index is 13.6. The molecule has 4 aromatic carbocycles. The highest BCUT2D eigenvalue weighted by Gasteiger charge is 2.24. The normalized spacial score (nSPS) is 11.6. The minimum atomic E-state index is -0.624. The van der Waals surface area contributed by atoms with Crippen LogP contribution in [0.1, 0.15) is 46.3 Å². The molecule has 0 spiro atoms. The number of thiazole rings is 1. The van der Waals surface area contributed by atoms with Crippen LogP contribution >= 0.6 is 23.1 Å². The molecule has 0 aliphatic rings.